The Balaban J connectivity index is 1.71. The van der Waals surface area contributed by atoms with Gasteiger partial charge in [0.05, 0.1) is 6.67 Å². The Bertz CT molecular complexity index is 810. The van der Waals surface area contributed by atoms with E-state index in [9.17, 15) is 9.59 Å². The fraction of sp³-hybridized carbons (Fsp3) is 0.176. The molecule has 128 valence electrons. The Morgan fingerprint density at radius 1 is 0.800 bits per heavy atom. The van der Waals surface area contributed by atoms with Crippen molar-refractivity contribution in [2.75, 3.05) is 16.5 Å². The molecule has 2 aliphatic heterocycles. The number of nitrogens with one attached hydrogen (secondary N) is 2. The van der Waals surface area contributed by atoms with Gasteiger partial charge in [0, 0.05) is 35.6 Å². The number of anilines is 2. The molecule has 25 heavy (non-hydrogen) atoms. The first kappa shape index (κ1) is 15.4. The smallest absolute Gasteiger partial charge is 0.265 e. The maximum atomic E-state index is 11.8. The Labute approximate surface area is 144 Å². The molecule has 0 saturated carbocycles. The molecule has 8 nitrogen and oxygen atoms in total. The molecule has 0 radical (unpaired) electrons. The van der Waals surface area contributed by atoms with Crippen molar-refractivity contribution < 1.29 is 9.59 Å². The van der Waals surface area contributed by atoms with Crippen LogP contribution in [0.1, 0.15) is 31.8 Å². The third-order valence-corrected chi connectivity index (χ3v) is 4.69. The number of hydrogen-bond acceptors (Lipinski definition) is 6. The number of amides is 2. The van der Waals surface area contributed by atoms with Crippen LogP contribution in [0.2, 0.25) is 0 Å². The van der Waals surface area contributed by atoms with Gasteiger partial charge in [-0.25, -0.2) is 11.7 Å². The molecule has 0 fully saturated rings. The number of hydrazine groups is 2. The second-order valence-electron chi connectivity index (χ2n) is 6.17. The van der Waals surface area contributed by atoms with E-state index in [1.807, 2.05) is 24.3 Å². The van der Waals surface area contributed by atoms with E-state index >= 15 is 0 Å². The molecule has 0 spiro atoms. The van der Waals surface area contributed by atoms with E-state index in [2.05, 4.69) is 20.7 Å². The van der Waals surface area contributed by atoms with E-state index in [4.69, 9.17) is 11.7 Å². The summed E-state index contributed by atoms with van der Waals surface area (Å²) in [4.78, 5) is 28.0. The van der Waals surface area contributed by atoms with Gasteiger partial charge >= 0.3 is 0 Å². The monoisotopic (exact) mass is 338 g/mol. The molecule has 0 aliphatic carbocycles. The fourth-order valence-corrected chi connectivity index (χ4v) is 3.53. The minimum Gasteiger partial charge on any atom is -0.349 e. The predicted octanol–water partition coefficient (Wildman–Crippen LogP) is 0.191. The molecule has 2 aliphatic rings. The highest BCUT2D eigenvalue weighted by Gasteiger charge is 2.30. The molecule has 0 unspecified atom stereocenters. The average molecular weight is 338 g/mol. The lowest BCUT2D eigenvalue weighted by molar-refractivity contribution is 0.0945. The summed E-state index contributed by atoms with van der Waals surface area (Å²) in [6.45, 7) is 2.14. The summed E-state index contributed by atoms with van der Waals surface area (Å²) in [5, 5.41) is 0. The minimum atomic E-state index is -0.304. The first-order valence-electron chi connectivity index (χ1n) is 7.88. The SMILES string of the molecule is NNC(=O)c1ccc2c(c1)CN1CN2Cc2cc(C(=O)NN)ccc21. The van der Waals surface area contributed by atoms with E-state index in [0.717, 1.165) is 29.2 Å². The van der Waals surface area contributed by atoms with Crippen molar-refractivity contribution in [3.63, 3.8) is 0 Å². The highest BCUT2D eigenvalue weighted by atomic mass is 16.2. The summed E-state index contributed by atoms with van der Waals surface area (Å²) in [5.41, 5.74) is 9.72. The fourth-order valence-electron chi connectivity index (χ4n) is 3.53. The number of hydrogen-bond donors (Lipinski definition) is 4. The van der Waals surface area contributed by atoms with Crippen molar-refractivity contribution >= 4 is 23.2 Å². The number of fused-ring (bicyclic) bond motifs is 6. The van der Waals surface area contributed by atoms with Gasteiger partial charge in [-0.3, -0.25) is 20.4 Å². The van der Waals surface area contributed by atoms with Crippen LogP contribution in [0.4, 0.5) is 11.4 Å². The Morgan fingerprint density at radius 3 is 1.64 bits per heavy atom. The number of rotatable bonds is 2. The van der Waals surface area contributed by atoms with Crippen LogP contribution in [0, 0.1) is 0 Å². The predicted molar refractivity (Wildman–Crippen MR) is 93.4 cm³/mol. The number of nitrogens with zero attached hydrogens (tertiary/aromatic N) is 2. The van der Waals surface area contributed by atoms with Crippen LogP contribution < -0.4 is 32.3 Å². The quantitative estimate of drug-likeness (QED) is 0.353. The summed E-state index contributed by atoms with van der Waals surface area (Å²) < 4.78 is 0. The molecule has 4 rings (SSSR count). The van der Waals surface area contributed by atoms with Gasteiger partial charge < -0.3 is 9.80 Å². The van der Waals surface area contributed by atoms with Gasteiger partial charge in [0.15, 0.2) is 0 Å². The summed E-state index contributed by atoms with van der Waals surface area (Å²) >= 11 is 0. The zero-order valence-electron chi connectivity index (χ0n) is 13.5. The second kappa shape index (κ2) is 5.76. The van der Waals surface area contributed by atoms with Crippen molar-refractivity contribution in [2.45, 2.75) is 13.1 Å². The minimum absolute atomic E-state index is 0.304. The van der Waals surface area contributed by atoms with Gasteiger partial charge in [-0.05, 0) is 47.5 Å². The van der Waals surface area contributed by atoms with E-state index in [1.165, 1.54) is 0 Å². The van der Waals surface area contributed by atoms with Crippen molar-refractivity contribution in [1.82, 2.24) is 10.9 Å². The third-order valence-electron chi connectivity index (χ3n) is 4.69. The van der Waals surface area contributed by atoms with Gasteiger partial charge in [0.2, 0.25) is 0 Å². The molecule has 0 atom stereocenters. The van der Waals surface area contributed by atoms with E-state index in [1.54, 1.807) is 12.1 Å². The summed E-state index contributed by atoms with van der Waals surface area (Å²) in [5.74, 6) is 9.84. The molecule has 2 aromatic carbocycles. The second-order valence-corrected chi connectivity index (χ2v) is 6.17. The van der Waals surface area contributed by atoms with E-state index in [0.29, 0.717) is 24.2 Å². The van der Waals surface area contributed by atoms with Gasteiger partial charge in [0.25, 0.3) is 11.8 Å². The van der Waals surface area contributed by atoms with Crippen LogP contribution in [0.5, 0.6) is 0 Å². The molecule has 0 aromatic heterocycles. The zero-order valence-corrected chi connectivity index (χ0v) is 13.5. The number of nitrogens with two attached hydrogens (primary N) is 2. The maximum Gasteiger partial charge on any atom is 0.265 e. The van der Waals surface area contributed by atoms with Crippen LogP contribution in [-0.2, 0) is 13.1 Å². The Kier molecular flexibility index (Phi) is 3.56. The summed E-state index contributed by atoms with van der Waals surface area (Å²) in [6, 6.07) is 11.2. The molecule has 8 heteroatoms. The summed E-state index contributed by atoms with van der Waals surface area (Å²) in [6.07, 6.45) is 0. The normalized spacial score (nSPS) is 14.5. The molecule has 2 bridgehead atoms. The van der Waals surface area contributed by atoms with Gasteiger partial charge in [-0.15, -0.1) is 0 Å². The van der Waals surface area contributed by atoms with Gasteiger partial charge in [0.1, 0.15) is 0 Å². The van der Waals surface area contributed by atoms with Crippen molar-refractivity contribution in [3.8, 4) is 0 Å². The topological polar surface area (TPSA) is 117 Å². The van der Waals surface area contributed by atoms with E-state index in [-0.39, 0.29) is 11.8 Å². The van der Waals surface area contributed by atoms with Crippen LogP contribution >= 0.6 is 0 Å². The molecule has 0 saturated heterocycles. The molecular formula is C17H18N6O2. The Hall–Kier alpha value is -3.10. The number of carbonyl (C=O) groups excluding carboxylic acids is 2. The third kappa shape index (κ3) is 2.48. The van der Waals surface area contributed by atoms with E-state index < -0.39 is 0 Å². The van der Waals surface area contributed by atoms with Crippen LogP contribution in [0.3, 0.4) is 0 Å². The zero-order chi connectivity index (χ0) is 17.6. The summed E-state index contributed by atoms with van der Waals surface area (Å²) in [7, 11) is 0. The highest BCUT2D eigenvalue weighted by molar-refractivity contribution is 5.95. The molecule has 6 N–H and O–H groups in total. The standard InChI is InChI=1S/C17H18N6O2/c18-20-16(24)10-1-3-14-12(5-10)7-23-9-22(14)8-13-6-11(17(25)21-19)2-4-15(13)23/h1-6H,7-9,18-19H2,(H,20,24)(H,21,25). The molecule has 2 amide bonds. The largest absolute Gasteiger partial charge is 0.349 e. The highest BCUT2D eigenvalue weighted by Crippen LogP contribution is 2.38. The Morgan fingerprint density at radius 2 is 1.24 bits per heavy atom. The van der Waals surface area contributed by atoms with Gasteiger partial charge in [-0.1, -0.05) is 0 Å². The lowest BCUT2D eigenvalue weighted by atomic mass is 9.98. The first-order chi connectivity index (χ1) is 12.1. The van der Waals surface area contributed by atoms with Crippen LogP contribution in [0.25, 0.3) is 0 Å². The maximum absolute atomic E-state index is 11.8. The van der Waals surface area contributed by atoms with Crippen LogP contribution in [0.15, 0.2) is 36.4 Å². The molecule has 2 aromatic rings. The van der Waals surface area contributed by atoms with Crippen LogP contribution in [-0.4, -0.2) is 18.5 Å². The number of benzene rings is 2. The first-order valence-corrected chi connectivity index (χ1v) is 7.88. The van der Waals surface area contributed by atoms with Crippen molar-refractivity contribution in [3.05, 3.63) is 58.7 Å². The molecule has 2 heterocycles. The van der Waals surface area contributed by atoms with Crippen molar-refractivity contribution in [1.29, 1.82) is 0 Å². The number of carbonyl (C=O) groups is 2. The lowest BCUT2D eigenvalue weighted by Gasteiger charge is -2.45. The molecular weight excluding hydrogens is 320 g/mol. The lowest BCUT2D eigenvalue weighted by Crippen LogP contribution is -2.46. The average Bonchev–Trinajstić information content (AvgIpc) is 2.65. The van der Waals surface area contributed by atoms with Gasteiger partial charge in [-0.2, -0.15) is 0 Å². The number of nitrogen functional groups attached to an aromatic ring is 2. The van der Waals surface area contributed by atoms with Crippen molar-refractivity contribution in [2.24, 2.45) is 11.7 Å².